The number of halogens is 1. The summed E-state index contributed by atoms with van der Waals surface area (Å²) in [7, 11) is 1.26. The van der Waals surface area contributed by atoms with Crippen LogP contribution in [0.5, 0.6) is 0 Å². The van der Waals surface area contributed by atoms with Gasteiger partial charge in [-0.2, -0.15) is 5.10 Å². The fourth-order valence-corrected chi connectivity index (χ4v) is 2.11. The minimum atomic E-state index is -0.532. The Bertz CT molecular complexity index is 667. The molecule has 0 atom stereocenters. The van der Waals surface area contributed by atoms with Gasteiger partial charge in [-0.3, -0.25) is 9.59 Å². The van der Waals surface area contributed by atoms with Gasteiger partial charge < -0.3 is 14.5 Å². The molecule has 0 amide bonds. The van der Waals surface area contributed by atoms with Crippen LogP contribution in [0.2, 0.25) is 0 Å². The molecule has 0 fully saturated rings. The lowest BCUT2D eigenvalue weighted by molar-refractivity contribution is -0.141. The summed E-state index contributed by atoms with van der Waals surface area (Å²) in [4.78, 5) is 23.2. The van der Waals surface area contributed by atoms with Gasteiger partial charge in [-0.25, -0.2) is 4.68 Å². The number of furan rings is 1. The molecule has 2 rings (SSSR count). The van der Waals surface area contributed by atoms with E-state index < -0.39 is 11.5 Å². The lowest BCUT2D eigenvalue weighted by atomic mass is 10.3. The highest BCUT2D eigenvalue weighted by Crippen LogP contribution is 2.16. The van der Waals surface area contributed by atoms with Crippen molar-refractivity contribution in [2.24, 2.45) is 0 Å². The minimum absolute atomic E-state index is 0.222. The first-order valence-corrected chi connectivity index (χ1v) is 7.00. The average Bonchev–Trinajstić information content (AvgIpc) is 2.99. The van der Waals surface area contributed by atoms with Crippen LogP contribution in [0.4, 0.5) is 5.69 Å². The summed E-state index contributed by atoms with van der Waals surface area (Å²) in [6, 6.07) is 3.70. The Balaban J connectivity index is 2.02. The number of hydrogen-bond acceptors (Lipinski definition) is 6. The fraction of sp³-hybridized carbons (Fsp3) is 0.308. The maximum atomic E-state index is 12.0. The van der Waals surface area contributed by atoms with Crippen LogP contribution in [-0.2, 0) is 22.5 Å². The minimum Gasteiger partial charge on any atom is -0.469 e. The van der Waals surface area contributed by atoms with E-state index in [2.05, 4.69) is 31.1 Å². The van der Waals surface area contributed by atoms with Crippen molar-refractivity contribution in [2.75, 3.05) is 19.0 Å². The van der Waals surface area contributed by atoms with Gasteiger partial charge in [0.1, 0.15) is 16.8 Å². The fourth-order valence-electron chi connectivity index (χ4n) is 1.66. The molecule has 0 saturated carbocycles. The average molecular weight is 356 g/mol. The Morgan fingerprint density at radius 3 is 3.05 bits per heavy atom. The lowest BCUT2D eigenvalue weighted by Crippen LogP contribution is -2.28. The van der Waals surface area contributed by atoms with Crippen LogP contribution in [0.15, 0.2) is 38.3 Å². The normalized spacial score (nSPS) is 10.4. The highest BCUT2D eigenvalue weighted by atomic mass is 79.9. The van der Waals surface area contributed by atoms with Gasteiger partial charge in [0.05, 0.1) is 25.3 Å². The molecule has 0 aliphatic rings. The molecular formula is C13H14BrN3O4. The van der Waals surface area contributed by atoms with Crippen LogP contribution in [-0.4, -0.2) is 29.4 Å². The van der Waals surface area contributed by atoms with Gasteiger partial charge in [0.25, 0.3) is 5.56 Å². The second-order valence-corrected chi connectivity index (χ2v) is 4.96. The van der Waals surface area contributed by atoms with Gasteiger partial charge >= 0.3 is 5.97 Å². The molecule has 0 saturated heterocycles. The summed E-state index contributed by atoms with van der Waals surface area (Å²) in [5, 5.41) is 7.02. The maximum absolute atomic E-state index is 12.0. The smallest absolute Gasteiger partial charge is 0.327 e. The van der Waals surface area contributed by atoms with Gasteiger partial charge in [-0.05, 0) is 28.1 Å². The number of ether oxygens (including phenoxy) is 1. The molecule has 0 bridgehead atoms. The summed E-state index contributed by atoms with van der Waals surface area (Å²) < 4.78 is 11.1. The first-order valence-electron chi connectivity index (χ1n) is 6.20. The van der Waals surface area contributed by atoms with Crippen molar-refractivity contribution >= 4 is 27.6 Å². The van der Waals surface area contributed by atoms with E-state index in [0.29, 0.717) is 23.1 Å². The zero-order valence-corrected chi connectivity index (χ0v) is 12.9. The molecule has 0 unspecified atom stereocenters. The van der Waals surface area contributed by atoms with Crippen LogP contribution < -0.4 is 10.9 Å². The Hall–Kier alpha value is -2.09. The highest BCUT2D eigenvalue weighted by Gasteiger charge is 2.11. The summed E-state index contributed by atoms with van der Waals surface area (Å²) >= 11 is 3.21. The first-order chi connectivity index (χ1) is 10.1. The molecule has 21 heavy (non-hydrogen) atoms. The van der Waals surface area contributed by atoms with E-state index in [0.717, 1.165) is 10.4 Å². The van der Waals surface area contributed by atoms with Gasteiger partial charge in [0.2, 0.25) is 0 Å². The summed E-state index contributed by atoms with van der Waals surface area (Å²) in [5.74, 6) is 0.320. The van der Waals surface area contributed by atoms with Gasteiger partial charge in [0, 0.05) is 13.0 Å². The standard InChI is InChI=1S/C13H14BrN3O4/c1-20-11(18)8-17-13(19)12(14)10(7-16-17)15-5-4-9-3-2-6-21-9/h2-3,6-7,15H,4-5,8H2,1H3. The number of nitrogens with zero attached hydrogens (tertiary/aromatic N) is 2. The topological polar surface area (TPSA) is 86.4 Å². The van der Waals surface area contributed by atoms with Gasteiger partial charge in [-0.1, -0.05) is 0 Å². The molecular weight excluding hydrogens is 342 g/mol. The van der Waals surface area contributed by atoms with E-state index >= 15 is 0 Å². The molecule has 8 heteroatoms. The number of carbonyl (C=O) groups excluding carboxylic acids is 1. The number of carbonyl (C=O) groups is 1. The molecule has 0 aromatic carbocycles. The number of aromatic nitrogens is 2. The highest BCUT2D eigenvalue weighted by molar-refractivity contribution is 9.10. The van der Waals surface area contributed by atoms with Gasteiger partial charge in [0.15, 0.2) is 0 Å². The molecule has 0 radical (unpaired) electrons. The predicted molar refractivity (Wildman–Crippen MR) is 79.1 cm³/mol. The number of methoxy groups -OCH3 is 1. The van der Waals surface area contributed by atoms with Crippen molar-refractivity contribution < 1.29 is 13.9 Å². The zero-order valence-electron chi connectivity index (χ0n) is 11.3. The van der Waals surface area contributed by atoms with Crippen molar-refractivity contribution in [1.82, 2.24) is 9.78 Å². The number of nitrogens with one attached hydrogen (secondary N) is 1. The third-order valence-corrected chi connectivity index (χ3v) is 3.52. The molecule has 2 heterocycles. The van der Waals surface area contributed by atoms with Crippen LogP contribution in [0.3, 0.4) is 0 Å². The SMILES string of the molecule is COC(=O)Cn1ncc(NCCc2ccco2)c(Br)c1=O. The van der Waals surface area contributed by atoms with Crippen molar-refractivity contribution in [3.8, 4) is 0 Å². The van der Waals surface area contributed by atoms with E-state index in [1.54, 1.807) is 6.26 Å². The largest absolute Gasteiger partial charge is 0.469 e. The Morgan fingerprint density at radius 2 is 2.38 bits per heavy atom. The molecule has 0 aliphatic carbocycles. The van der Waals surface area contributed by atoms with Crippen LogP contribution in [0.1, 0.15) is 5.76 Å². The van der Waals surface area contributed by atoms with Crippen LogP contribution in [0.25, 0.3) is 0 Å². The lowest BCUT2D eigenvalue weighted by Gasteiger charge is -2.09. The quantitative estimate of drug-likeness (QED) is 0.788. The summed E-state index contributed by atoms with van der Waals surface area (Å²) in [6.07, 6.45) is 3.78. The zero-order chi connectivity index (χ0) is 15.2. The molecule has 0 aliphatic heterocycles. The third kappa shape index (κ3) is 3.94. The maximum Gasteiger partial charge on any atom is 0.327 e. The second-order valence-electron chi connectivity index (χ2n) is 4.17. The van der Waals surface area contributed by atoms with Crippen molar-refractivity contribution in [2.45, 2.75) is 13.0 Å². The Labute approximate surface area is 129 Å². The summed E-state index contributed by atoms with van der Waals surface area (Å²) in [5.41, 5.74) is 0.163. The predicted octanol–water partition coefficient (Wildman–Crippen LogP) is 1.43. The molecule has 7 nitrogen and oxygen atoms in total. The van der Waals surface area contributed by atoms with Gasteiger partial charge in [-0.15, -0.1) is 0 Å². The number of rotatable bonds is 6. The van der Waals surface area contributed by atoms with E-state index in [-0.39, 0.29) is 6.54 Å². The third-order valence-electron chi connectivity index (χ3n) is 2.76. The molecule has 0 spiro atoms. The summed E-state index contributed by atoms with van der Waals surface area (Å²) in [6.45, 7) is 0.370. The molecule has 112 valence electrons. The second kappa shape index (κ2) is 7.07. The van der Waals surface area contributed by atoms with Crippen molar-refractivity contribution in [1.29, 1.82) is 0 Å². The van der Waals surface area contributed by atoms with Crippen LogP contribution >= 0.6 is 15.9 Å². The van der Waals surface area contributed by atoms with E-state index in [4.69, 9.17) is 4.42 Å². The van der Waals surface area contributed by atoms with Crippen LogP contribution in [0, 0.1) is 0 Å². The van der Waals surface area contributed by atoms with E-state index in [1.165, 1.54) is 13.3 Å². The number of esters is 1. The van der Waals surface area contributed by atoms with E-state index in [9.17, 15) is 9.59 Å². The van der Waals surface area contributed by atoms with E-state index in [1.807, 2.05) is 12.1 Å². The van der Waals surface area contributed by atoms with Crippen molar-refractivity contribution in [3.63, 3.8) is 0 Å². The monoisotopic (exact) mass is 355 g/mol. The first kappa shape index (κ1) is 15.3. The number of anilines is 1. The Kier molecular flexibility index (Phi) is 5.15. The molecule has 1 N–H and O–H groups in total. The number of hydrogen-bond donors (Lipinski definition) is 1. The molecule has 2 aromatic heterocycles. The molecule has 2 aromatic rings. The Morgan fingerprint density at radius 1 is 1.57 bits per heavy atom. The van der Waals surface area contributed by atoms with Crippen molar-refractivity contribution in [3.05, 3.63) is 45.2 Å².